The summed E-state index contributed by atoms with van der Waals surface area (Å²) in [5, 5.41) is 0. The molecule has 0 aromatic carbocycles. The van der Waals surface area contributed by atoms with E-state index in [0.717, 1.165) is 12.8 Å². The molecule has 88 valence electrons. The summed E-state index contributed by atoms with van der Waals surface area (Å²) in [4.78, 5) is 11.2. The Morgan fingerprint density at radius 3 is 2.40 bits per heavy atom. The van der Waals surface area contributed by atoms with Crippen LogP contribution in [0.15, 0.2) is 12.2 Å². The zero-order valence-corrected chi connectivity index (χ0v) is 10.7. The van der Waals surface area contributed by atoms with Gasteiger partial charge in [0, 0.05) is 5.57 Å². The second-order valence-corrected chi connectivity index (χ2v) is 5.21. The Labute approximate surface area is 93.7 Å². The number of rotatable bonds is 6. The van der Waals surface area contributed by atoms with Crippen molar-refractivity contribution in [2.24, 2.45) is 11.3 Å². The van der Waals surface area contributed by atoms with Crippen molar-refractivity contribution >= 4 is 5.97 Å². The third-order valence-corrected chi connectivity index (χ3v) is 2.71. The standard InChI is InChI=1S/C13H24O2/c1-7-13(5,6)8-11(4)9-15-12(14)10(2)3/h11H,2,7-9H2,1,3-6H3. The molecule has 15 heavy (non-hydrogen) atoms. The number of esters is 1. The lowest BCUT2D eigenvalue weighted by molar-refractivity contribution is -0.140. The van der Waals surface area contributed by atoms with Crippen molar-refractivity contribution in [1.29, 1.82) is 0 Å². The van der Waals surface area contributed by atoms with E-state index >= 15 is 0 Å². The van der Waals surface area contributed by atoms with Crippen molar-refractivity contribution < 1.29 is 9.53 Å². The summed E-state index contributed by atoms with van der Waals surface area (Å²) in [6, 6.07) is 0. The third-order valence-electron chi connectivity index (χ3n) is 2.71. The van der Waals surface area contributed by atoms with Crippen molar-refractivity contribution in [2.75, 3.05) is 6.61 Å². The predicted molar refractivity (Wildman–Crippen MR) is 63.6 cm³/mol. The molecule has 0 aliphatic rings. The lowest BCUT2D eigenvalue weighted by Crippen LogP contribution is -2.19. The molecular formula is C13H24O2. The average Bonchev–Trinajstić information content (AvgIpc) is 2.13. The molecule has 0 bridgehead atoms. The maximum atomic E-state index is 11.2. The van der Waals surface area contributed by atoms with Gasteiger partial charge in [-0.25, -0.2) is 4.79 Å². The van der Waals surface area contributed by atoms with E-state index in [1.807, 2.05) is 0 Å². The minimum Gasteiger partial charge on any atom is -0.462 e. The summed E-state index contributed by atoms with van der Waals surface area (Å²) in [6.07, 6.45) is 2.22. The minimum atomic E-state index is -0.281. The molecule has 0 spiro atoms. The lowest BCUT2D eigenvalue weighted by atomic mass is 9.81. The van der Waals surface area contributed by atoms with Crippen LogP contribution in [-0.2, 0) is 9.53 Å². The van der Waals surface area contributed by atoms with Gasteiger partial charge in [-0.2, -0.15) is 0 Å². The van der Waals surface area contributed by atoms with Crippen LogP contribution < -0.4 is 0 Å². The maximum Gasteiger partial charge on any atom is 0.333 e. The van der Waals surface area contributed by atoms with Crippen LogP contribution in [0.25, 0.3) is 0 Å². The molecule has 0 aliphatic carbocycles. The van der Waals surface area contributed by atoms with E-state index in [2.05, 4.69) is 34.3 Å². The van der Waals surface area contributed by atoms with E-state index in [-0.39, 0.29) is 5.97 Å². The average molecular weight is 212 g/mol. The molecule has 0 saturated heterocycles. The molecule has 0 rings (SSSR count). The Morgan fingerprint density at radius 1 is 1.47 bits per heavy atom. The molecule has 0 aromatic heterocycles. The normalized spacial score (nSPS) is 13.4. The molecule has 0 heterocycles. The van der Waals surface area contributed by atoms with Crippen molar-refractivity contribution in [3.05, 3.63) is 12.2 Å². The molecule has 0 radical (unpaired) electrons. The van der Waals surface area contributed by atoms with Crippen LogP contribution in [0.3, 0.4) is 0 Å². The molecule has 0 aromatic rings. The van der Waals surface area contributed by atoms with Crippen LogP contribution in [0.1, 0.15) is 47.5 Å². The first-order chi connectivity index (χ1) is 6.78. The molecular weight excluding hydrogens is 188 g/mol. The zero-order chi connectivity index (χ0) is 12.1. The zero-order valence-electron chi connectivity index (χ0n) is 10.7. The fraction of sp³-hybridized carbons (Fsp3) is 0.769. The predicted octanol–water partition coefficient (Wildman–Crippen LogP) is 3.57. The summed E-state index contributed by atoms with van der Waals surface area (Å²) in [5.41, 5.74) is 0.798. The number of hydrogen-bond acceptors (Lipinski definition) is 2. The van der Waals surface area contributed by atoms with Gasteiger partial charge >= 0.3 is 5.97 Å². The molecule has 0 fully saturated rings. The smallest absolute Gasteiger partial charge is 0.333 e. The molecule has 0 saturated carbocycles. The van der Waals surface area contributed by atoms with Crippen LogP contribution >= 0.6 is 0 Å². The second kappa shape index (κ2) is 5.94. The first-order valence-corrected chi connectivity index (χ1v) is 5.61. The largest absolute Gasteiger partial charge is 0.462 e. The Balaban J connectivity index is 3.90. The summed E-state index contributed by atoms with van der Waals surface area (Å²) < 4.78 is 5.12. The molecule has 2 heteroatoms. The Kier molecular flexibility index (Phi) is 5.63. The van der Waals surface area contributed by atoms with Gasteiger partial charge in [0.05, 0.1) is 6.61 Å². The third kappa shape index (κ3) is 6.32. The van der Waals surface area contributed by atoms with E-state index in [1.165, 1.54) is 0 Å². The van der Waals surface area contributed by atoms with Crippen molar-refractivity contribution in [2.45, 2.75) is 47.5 Å². The van der Waals surface area contributed by atoms with Crippen molar-refractivity contribution in [1.82, 2.24) is 0 Å². The molecule has 0 amide bonds. The van der Waals surface area contributed by atoms with Gasteiger partial charge in [0.1, 0.15) is 0 Å². The fourth-order valence-corrected chi connectivity index (χ4v) is 1.49. The molecule has 1 atom stereocenters. The lowest BCUT2D eigenvalue weighted by Gasteiger charge is -2.26. The van der Waals surface area contributed by atoms with E-state index < -0.39 is 0 Å². The van der Waals surface area contributed by atoms with Gasteiger partial charge in [-0.1, -0.05) is 40.7 Å². The highest BCUT2D eigenvalue weighted by Crippen LogP contribution is 2.28. The van der Waals surface area contributed by atoms with E-state index in [4.69, 9.17) is 4.74 Å². The van der Waals surface area contributed by atoms with Crippen LogP contribution in [0, 0.1) is 11.3 Å². The van der Waals surface area contributed by atoms with Crippen molar-refractivity contribution in [3.63, 3.8) is 0 Å². The fourth-order valence-electron chi connectivity index (χ4n) is 1.49. The first kappa shape index (κ1) is 14.2. The summed E-state index contributed by atoms with van der Waals surface area (Å²) >= 11 is 0. The van der Waals surface area contributed by atoms with Gasteiger partial charge in [-0.3, -0.25) is 0 Å². The van der Waals surface area contributed by atoms with Gasteiger partial charge in [0.15, 0.2) is 0 Å². The second-order valence-electron chi connectivity index (χ2n) is 5.21. The van der Waals surface area contributed by atoms with Crippen LogP contribution in [-0.4, -0.2) is 12.6 Å². The van der Waals surface area contributed by atoms with Gasteiger partial charge in [0.25, 0.3) is 0 Å². The molecule has 1 unspecified atom stereocenters. The molecule has 0 N–H and O–H groups in total. The number of carbonyl (C=O) groups excluding carboxylic acids is 1. The maximum absolute atomic E-state index is 11.2. The number of hydrogen-bond donors (Lipinski definition) is 0. The van der Waals surface area contributed by atoms with Crippen LogP contribution in [0.4, 0.5) is 0 Å². The summed E-state index contributed by atoms with van der Waals surface area (Å²) in [6.45, 7) is 14.5. The van der Waals surface area contributed by atoms with E-state index in [1.54, 1.807) is 6.92 Å². The van der Waals surface area contributed by atoms with Crippen molar-refractivity contribution in [3.8, 4) is 0 Å². The molecule has 0 aliphatic heterocycles. The summed E-state index contributed by atoms with van der Waals surface area (Å²) in [7, 11) is 0. The highest BCUT2D eigenvalue weighted by molar-refractivity contribution is 5.86. The van der Waals surface area contributed by atoms with Crippen LogP contribution in [0.2, 0.25) is 0 Å². The van der Waals surface area contributed by atoms with E-state index in [9.17, 15) is 4.79 Å². The highest BCUT2D eigenvalue weighted by Gasteiger charge is 2.19. The topological polar surface area (TPSA) is 26.3 Å². The highest BCUT2D eigenvalue weighted by atomic mass is 16.5. The Morgan fingerprint density at radius 2 is 2.00 bits per heavy atom. The number of carbonyl (C=O) groups is 1. The quantitative estimate of drug-likeness (QED) is 0.497. The van der Waals surface area contributed by atoms with Gasteiger partial charge < -0.3 is 4.74 Å². The Hall–Kier alpha value is -0.790. The molecule has 2 nitrogen and oxygen atoms in total. The number of ether oxygens (including phenoxy) is 1. The monoisotopic (exact) mass is 212 g/mol. The van der Waals surface area contributed by atoms with Crippen LogP contribution in [0.5, 0.6) is 0 Å². The van der Waals surface area contributed by atoms with Gasteiger partial charge in [-0.05, 0) is 24.7 Å². The van der Waals surface area contributed by atoms with Gasteiger partial charge in [0.2, 0.25) is 0 Å². The van der Waals surface area contributed by atoms with Gasteiger partial charge in [-0.15, -0.1) is 0 Å². The van der Waals surface area contributed by atoms with E-state index in [0.29, 0.717) is 23.5 Å². The Bertz CT molecular complexity index is 229. The minimum absolute atomic E-state index is 0.281. The first-order valence-electron chi connectivity index (χ1n) is 5.61. The SMILES string of the molecule is C=C(C)C(=O)OCC(C)CC(C)(C)CC. The summed E-state index contributed by atoms with van der Waals surface area (Å²) in [5.74, 6) is 0.124.